The molecule has 1 aliphatic carbocycles. The summed E-state index contributed by atoms with van der Waals surface area (Å²) in [7, 11) is 0. The molecule has 2 unspecified atom stereocenters. The second-order valence-corrected chi connectivity index (χ2v) is 6.00. The predicted octanol–water partition coefficient (Wildman–Crippen LogP) is 2.42. The van der Waals surface area contributed by atoms with E-state index in [1.807, 2.05) is 6.92 Å². The average molecular weight is 213 g/mol. The fraction of sp³-hybridized carbons (Fsp3) is 1.00. The molecule has 0 radical (unpaired) electrons. The molecule has 0 bridgehead atoms. The SMILES string of the molecule is CC(C)C(NCC(C)(O)C(C)C)C1CC1. The molecule has 90 valence electrons. The molecule has 2 nitrogen and oxygen atoms in total. The van der Waals surface area contributed by atoms with E-state index in [0.717, 1.165) is 5.92 Å². The van der Waals surface area contributed by atoms with Crippen LogP contribution in [0, 0.1) is 17.8 Å². The predicted molar refractivity (Wildman–Crippen MR) is 64.8 cm³/mol. The summed E-state index contributed by atoms with van der Waals surface area (Å²) in [6, 6.07) is 0.593. The average Bonchev–Trinajstić information content (AvgIpc) is 2.87. The molecule has 1 fully saturated rings. The highest BCUT2D eigenvalue weighted by atomic mass is 16.3. The first-order valence-corrected chi connectivity index (χ1v) is 6.30. The van der Waals surface area contributed by atoms with Crippen molar-refractivity contribution in [1.82, 2.24) is 5.32 Å². The molecule has 1 saturated carbocycles. The van der Waals surface area contributed by atoms with Crippen LogP contribution in [0.5, 0.6) is 0 Å². The number of nitrogens with one attached hydrogen (secondary N) is 1. The van der Waals surface area contributed by atoms with Crippen molar-refractivity contribution in [3.8, 4) is 0 Å². The molecule has 1 aliphatic rings. The molecule has 1 rings (SSSR count). The van der Waals surface area contributed by atoms with Crippen molar-refractivity contribution in [3.63, 3.8) is 0 Å². The number of aliphatic hydroxyl groups is 1. The lowest BCUT2D eigenvalue weighted by Crippen LogP contribution is -2.48. The van der Waals surface area contributed by atoms with Crippen molar-refractivity contribution in [2.75, 3.05) is 6.54 Å². The second-order valence-electron chi connectivity index (χ2n) is 6.00. The van der Waals surface area contributed by atoms with Crippen molar-refractivity contribution in [1.29, 1.82) is 0 Å². The maximum atomic E-state index is 10.2. The molecular weight excluding hydrogens is 186 g/mol. The van der Waals surface area contributed by atoms with Gasteiger partial charge in [-0.1, -0.05) is 27.7 Å². The standard InChI is InChI=1S/C13H27NO/c1-9(2)12(11-6-7-11)14-8-13(5,15)10(3)4/h9-12,14-15H,6-8H2,1-5H3. The molecule has 0 amide bonds. The van der Waals surface area contributed by atoms with Crippen LogP contribution in [0.15, 0.2) is 0 Å². The normalized spacial score (nSPS) is 23.2. The van der Waals surface area contributed by atoms with Crippen molar-refractivity contribution >= 4 is 0 Å². The summed E-state index contributed by atoms with van der Waals surface area (Å²) >= 11 is 0. The topological polar surface area (TPSA) is 32.3 Å². The summed E-state index contributed by atoms with van der Waals surface area (Å²) in [6.45, 7) is 11.3. The van der Waals surface area contributed by atoms with E-state index in [9.17, 15) is 5.11 Å². The van der Waals surface area contributed by atoms with Gasteiger partial charge in [0.1, 0.15) is 0 Å². The Balaban J connectivity index is 2.39. The van der Waals surface area contributed by atoms with Crippen LogP contribution >= 0.6 is 0 Å². The van der Waals surface area contributed by atoms with E-state index in [4.69, 9.17) is 0 Å². The number of hydrogen-bond acceptors (Lipinski definition) is 2. The molecule has 15 heavy (non-hydrogen) atoms. The summed E-state index contributed by atoms with van der Waals surface area (Å²) < 4.78 is 0. The maximum Gasteiger partial charge on any atom is 0.0766 e. The lowest BCUT2D eigenvalue weighted by molar-refractivity contribution is 0.00971. The molecule has 2 N–H and O–H groups in total. The van der Waals surface area contributed by atoms with E-state index in [1.165, 1.54) is 12.8 Å². The van der Waals surface area contributed by atoms with Crippen molar-refractivity contribution in [2.24, 2.45) is 17.8 Å². The van der Waals surface area contributed by atoms with E-state index >= 15 is 0 Å². The Kier molecular flexibility index (Phi) is 4.19. The van der Waals surface area contributed by atoms with E-state index in [1.54, 1.807) is 0 Å². The van der Waals surface area contributed by atoms with Crippen LogP contribution in [-0.4, -0.2) is 23.3 Å². The zero-order valence-corrected chi connectivity index (χ0v) is 10.9. The lowest BCUT2D eigenvalue weighted by Gasteiger charge is -2.32. The van der Waals surface area contributed by atoms with Crippen LogP contribution in [-0.2, 0) is 0 Å². The van der Waals surface area contributed by atoms with Crippen LogP contribution in [0.1, 0.15) is 47.5 Å². The van der Waals surface area contributed by atoms with Gasteiger partial charge in [-0.15, -0.1) is 0 Å². The third-order valence-electron chi connectivity index (χ3n) is 3.79. The summed E-state index contributed by atoms with van der Waals surface area (Å²) in [5.41, 5.74) is -0.581. The van der Waals surface area contributed by atoms with Crippen LogP contribution in [0.25, 0.3) is 0 Å². The van der Waals surface area contributed by atoms with Crippen molar-refractivity contribution in [3.05, 3.63) is 0 Å². The molecule has 2 atom stereocenters. The fourth-order valence-corrected chi connectivity index (χ4v) is 1.93. The maximum absolute atomic E-state index is 10.2. The summed E-state index contributed by atoms with van der Waals surface area (Å²) in [5.74, 6) is 1.82. The van der Waals surface area contributed by atoms with Gasteiger partial charge in [0, 0.05) is 12.6 Å². The third kappa shape index (κ3) is 3.76. The van der Waals surface area contributed by atoms with E-state index in [-0.39, 0.29) is 0 Å². The largest absolute Gasteiger partial charge is 0.389 e. The van der Waals surface area contributed by atoms with Crippen molar-refractivity contribution in [2.45, 2.75) is 59.1 Å². The van der Waals surface area contributed by atoms with Gasteiger partial charge in [0.25, 0.3) is 0 Å². The van der Waals surface area contributed by atoms with Gasteiger partial charge in [-0.25, -0.2) is 0 Å². The zero-order valence-electron chi connectivity index (χ0n) is 10.9. The Hall–Kier alpha value is -0.0800. The van der Waals surface area contributed by atoms with Gasteiger partial charge in [0.2, 0.25) is 0 Å². The molecule has 0 heterocycles. The monoisotopic (exact) mass is 213 g/mol. The highest BCUT2D eigenvalue weighted by molar-refractivity contribution is 4.90. The van der Waals surface area contributed by atoms with E-state index < -0.39 is 5.60 Å². The Morgan fingerprint density at radius 2 is 1.80 bits per heavy atom. The minimum absolute atomic E-state index is 0.303. The van der Waals surface area contributed by atoms with Crippen LogP contribution in [0.4, 0.5) is 0 Å². The van der Waals surface area contributed by atoms with Gasteiger partial charge in [-0.05, 0) is 37.5 Å². The Labute approximate surface area is 94.5 Å². The highest BCUT2D eigenvalue weighted by Gasteiger charge is 2.34. The molecule has 0 saturated heterocycles. The molecule has 0 aliphatic heterocycles. The lowest BCUT2D eigenvalue weighted by atomic mass is 9.91. The highest BCUT2D eigenvalue weighted by Crippen LogP contribution is 2.35. The van der Waals surface area contributed by atoms with Crippen LogP contribution in [0.2, 0.25) is 0 Å². The molecule has 0 spiro atoms. The minimum Gasteiger partial charge on any atom is -0.389 e. The van der Waals surface area contributed by atoms with Gasteiger partial charge in [0.05, 0.1) is 5.60 Å². The smallest absolute Gasteiger partial charge is 0.0766 e. The molecule has 0 aromatic carbocycles. The molecular formula is C13H27NO. The van der Waals surface area contributed by atoms with E-state index in [2.05, 4.69) is 33.0 Å². The first-order valence-electron chi connectivity index (χ1n) is 6.30. The van der Waals surface area contributed by atoms with Crippen LogP contribution < -0.4 is 5.32 Å². The van der Waals surface area contributed by atoms with Gasteiger partial charge >= 0.3 is 0 Å². The fourth-order valence-electron chi connectivity index (χ4n) is 1.93. The second kappa shape index (κ2) is 4.84. The first-order chi connectivity index (χ1) is 6.84. The van der Waals surface area contributed by atoms with Gasteiger partial charge < -0.3 is 10.4 Å². The van der Waals surface area contributed by atoms with Crippen LogP contribution in [0.3, 0.4) is 0 Å². The molecule has 0 aromatic heterocycles. The van der Waals surface area contributed by atoms with Gasteiger partial charge in [0.15, 0.2) is 0 Å². The summed E-state index contributed by atoms with van der Waals surface area (Å²) in [6.07, 6.45) is 2.72. The number of hydrogen-bond donors (Lipinski definition) is 2. The Bertz CT molecular complexity index is 193. The zero-order chi connectivity index (χ0) is 11.6. The van der Waals surface area contributed by atoms with E-state index in [0.29, 0.717) is 24.4 Å². The van der Waals surface area contributed by atoms with Gasteiger partial charge in [-0.3, -0.25) is 0 Å². The summed E-state index contributed by atoms with van der Waals surface area (Å²) in [4.78, 5) is 0. The molecule has 0 aromatic rings. The van der Waals surface area contributed by atoms with Gasteiger partial charge in [-0.2, -0.15) is 0 Å². The molecule has 2 heteroatoms. The number of rotatable bonds is 6. The Morgan fingerprint density at radius 1 is 1.27 bits per heavy atom. The summed E-state index contributed by atoms with van der Waals surface area (Å²) in [5, 5.41) is 13.7. The Morgan fingerprint density at radius 3 is 2.13 bits per heavy atom. The first kappa shape index (κ1) is 13.0. The van der Waals surface area contributed by atoms with Crippen molar-refractivity contribution < 1.29 is 5.11 Å². The quantitative estimate of drug-likeness (QED) is 0.710. The minimum atomic E-state index is -0.581. The third-order valence-corrected chi connectivity index (χ3v) is 3.79.